The van der Waals surface area contributed by atoms with Crippen LogP contribution >= 0.6 is 0 Å². The molecule has 0 aliphatic heterocycles. The van der Waals surface area contributed by atoms with Gasteiger partial charge < -0.3 is 15.4 Å². The van der Waals surface area contributed by atoms with Gasteiger partial charge in [-0.3, -0.25) is 10.1 Å². The van der Waals surface area contributed by atoms with Gasteiger partial charge in [0.05, 0.1) is 6.67 Å². The van der Waals surface area contributed by atoms with Gasteiger partial charge in [0.25, 0.3) is 5.91 Å². The van der Waals surface area contributed by atoms with Crippen LogP contribution in [0.1, 0.15) is 10.4 Å². The van der Waals surface area contributed by atoms with Crippen LogP contribution < -0.4 is 16.0 Å². The number of benzene rings is 1. The molecule has 1 radical (unpaired) electrons. The highest BCUT2D eigenvalue weighted by Gasteiger charge is 2.04. The van der Waals surface area contributed by atoms with Gasteiger partial charge in [0, 0.05) is 24.0 Å². The normalized spacial score (nSPS) is 9.95. The van der Waals surface area contributed by atoms with Crippen LogP contribution in [-0.4, -0.2) is 31.6 Å². The molecule has 7 heteroatoms. The minimum atomic E-state index is -0.352. The zero-order valence-electron chi connectivity index (χ0n) is 10.7. The van der Waals surface area contributed by atoms with Crippen LogP contribution in [0.25, 0.3) is 0 Å². The number of nitriles is 1. The molecule has 0 aliphatic carbocycles. The number of hydrogen-bond donors (Lipinski definition) is 3. The van der Waals surface area contributed by atoms with Gasteiger partial charge in [0.15, 0.2) is 0 Å². The lowest BCUT2D eigenvalue weighted by Crippen LogP contribution is -2.24. The number of amides is 1. The average molecular weight is 272 g/mol. The number of nitrogens with zero attached hydrogens (tertiary/aromatic N) is 2. The summed E-state index contributed by atoms with van der Waals surface area (Å²) < 4.78 is 0. The molecular formula is C13H14N5O2. The van der Waals surface area contributed by atoms with Crippen LogP contribution in [0.5, 0.6) is 0 Å². The summed E-state index contributed by atoms with van der Waals surface area (Å²) in [5.41, 5.74) is 1.20. The minimum absolute atomic E-state index is 0.352. The second-order valence-corrected chi connectivity index (χ2v) is 3.58. The van der Waals surface area contributed by atoms with Gasteiger partial charge in [0.2, 0.25) is 6.19 Å². The van der Waals surface area contributed by atoms with Crippen molar-refractivity contribution in [2.45, 2.75) is 0 Å². The van der Waals surface area contributed by atoms with Crippen LogP contribution in [0.4, 0.5) is 5.69 Å². The van der Waals surface area contributed by atoms with Gasteiger partial charge in [-0.05, 0) is 18.2 Å². The first-order valence-corrected chi connectivity index (χ1v) is 5.81. The third kappa shape index (κ3) is 5.75. The molecule has 0 bridgehead atoms. The average Bonchev–Trinajstić information content (AvgIpc) is 2.48. The molecule has 1 amide bonds. The van der Waals surface area contributed by atoms with E-state index in [4.69, 9.17) is 5.26 Å². The van der Waals surface area contributed by atoms with Crippen molar-refractivity contribution in [3.8, 4) is 6.19 Å². The lowest BCUT2D eigenvalue weighted by atomic mass is 10.2. The largest absolute Gasteiger partial charge is 0.372 e. The first-order chi connectivity index (χ1) is 9.77. The smallest absolute Gasteiger partial charge is 0.252 e. The standard InChI is InChI=1S/C13H14N5O2/c14-9-15-4-5-16-10-18-12-3-1-2-11(8-12)13(20)17-6-7-19/h1-4,6-8,16,18H,5,10H2,(H,17,20). The van der Waals surface area contributed by atoms with Gasteiger partial charge >= 0.3 is 0 Å². The molecule has 3 N–H and O–H groups in total. The molecule has 0 aliphatic rings. The molecule has 0 saturated heterocycles. The lowest BCUT2D eigenvalue weighted by Gasteiger charge is -2.08. The number of aldehydes is 1. The Morgan fingerprint density at radius 2 is 2.30 bits per heavy atom. The van der Waals surface area contributed by atoms with E-state index < -0.39 is 0 Å². The molecule has 0 unspecified atom stereocenters. The van der Waals surface area contributed by atoms with Crippen molar-refractivity contribution in [2.75, 3.05) is 18.5 Å². The maximum absolute atomic E-state index is 11.6. The Labute approximate surface area is 116 Å². The Kier molecular flexibility index (Phi) is 7.09. The molecule has 7 nitrogen and oxygen atoms in total. The predicted octanol–water partition coefficient (Wildman–Crippen LogP) is 0.288. The first kappa shape index (κ1) is 15.3. The van der Waals surface area contributed by atoms with Gasteiger partial charge in [-0.2, -0.15) is 10.3 Å². The third-order valence-corrected chi connectivity index (χ3v) is 2.21. The monoisotopic (exact) mass is 272 g/mol. The van der Waals surface area contributed by atoms with E-state index in [-0.39, 0.29) is 5.91 Å². The SMILES string of the molecule is N#CN=CCNCNc1cccc(C(=O)N[CH]C=O)c1. The zero-order chi connectivity index (χ0) is 14.6. The number of hydrogen-bond acceptors (Lipinski definition) is 6. The highest BCUT2D eigenvalue weighted by Crippen LogP contribution is 2.09. The number of anilines is 1. The summed E-state index contributed by atoms with van der Waals surface area (Å²) in [6.45, 7) is 1.97. The van der Waals surface area contributed by atoms with Crippen molar-refractivity contribution < 1.29 is 9.59 Å². The molecule has 1 rings (SSSR count). The van der Waals surface area contributed by atoms with Crippen LogP contribution in [0.3, 0.4) is 0 Å². The van der Waals surface area contributed by atoms with Crippen molar-refractivity contribution in [2.24, 2.45) is 4.99 Å². The van der Waals surface area contributed by atoms with E-state index in [0.717, 1.165) is 12.2 Å². The van der Waals surface area contributed by atoms with E-state index in [1.807, 2.05) is 6.07 Å². The molecule has 20 heavy (non-hydrogen) atoms. The number of nitrogens with one attached hydrogen (secondary N) is 3. The van der Waals surface area contributed by atoms with E-state index in [9.17, 15) is 9.59 Å². The summed E-state index contributed by atoms with van der Waals surface area (Å²) in [5, 5.41) is 16.6. The molecule has 0 aromatic heterocycles. The minimum Gasteiger partial charge on any atom is -0.372 e. The second kappa shape index (κ2) is 9.24. The Hall–Kier alpha value is -2.72. The summed E-state index contributed by atoms with van der Waals surface area (Å²) in [4.78, 5) is 25.1. The van der Waals surface area contributed by atoms with Gasteiger partial charge in [-0.1, -0.05) is 6.07 Å². The quantitative estimate of drug-likeness (QED) is 0.207. The van der Waals surface area contributed by atoms with E-state index in [1.54, 1.807) is 24.4 Å². The summed E-state index contributed by atoms with van der Waals surface area (Å²) >= 11 is 0. The van der Waals surface area contributed by atoms with Crippen LogP contribution in [0.15, 0.2) is 29.3 Å². The number of aliphatic imine (C=N–C) groups is 1. The molecule has 1 aromatic carbocycles. The zero-order valence-corrected chi connectivity index (χ0v) is 10.7. The van der Waals surface area contributed by atoms with Crippen molar-refractivity contribution in [1.29, 1.82) is 5.26 Å². The van der Waals surface area contributed by atoms with E-state index in [0.29, 0.717) is 25.1 Å². The van der Waals surface area contributed by atoms with Crippen LogP contribution in [0, 0.1) is 18.0 Å². The maximum atomic E-state index is 11.6. The Balaban J connectivity index is 2.43. The van der Waals surface area contributed by atoms with Gasteiger partial charge in [-0.25, -0.2) is 0 Å². The fourth-order valence-corrected chi connectivity index (χ4v) is 1.35. The fourth-order valence-electron chi connectivity index (χ4n) is 1.35. The molecule has 0 spiro atoms. The van der Waals surface area contributed by atoms with Crippen molar-refractivity contribution in [3.63, 3.8) is 0 Å². The molecule has 0 heterocycles. The van der Waals surface area contributed by atoms with E-state index >= 15 is 0 Å². The van der Waals surface area contributed by atoms with Gasteiger partial charge in [-0.15, -0.1) is 0 Å². The highest BCUT2D eigenvalue weighted by molar-refractivity contribution is 5.96. The molecule has 0 fully saturated rings. The number of carbonyl (C=O) groups excluding carboxylic acids is 2. The summed E-state index contributed by atoms with van der Waals surface area (Å²) in [6, 6.07) is 6.85. The summed E-state index contributed by atoms with van der Waals surface area (Å²) in [7, 11) is 0. The highest BCUT2D eigenvalue weighted by atomic mass is 16.2. The number of rotatable bonds is 8. The Bertz CT molecular complexity index is 522. The number of carbonyl (C=O) groups is 2. The van der Waals surface area contributed by atoms with E-state index in [1.165, 1.54) is 6.21 Å². The summed E-state index contributed by atoms with van der Waals surface area (Å²) in [5.74, 6) is -0.352. The Morgan fingerprint density at radius 3 is 3.05 bits per heavy atom. The Morgan fingerprint density at radius 1 is 1.45 bits per heavy atom. The van der Waals surface area contributed by atoms with Crippen molar-refractivity contribution in [1.82, 2.24) is 10.6 Å². The van der Waals surface area contributed by atoms with E-state index in [2.05, 4.69) is 20.9 Å². The van der Waals surface area contributed by atoms with Gasteiger partial charge in [0.1, 0.15) is 12.8 Å². The molecule has 0 saturated carbocycles. The topological polar surface area (TPSA) is 106 Å². The molecule has 0 atom stereocenters. The fraction of sp³-hybridized carbons (Fsp3) is 0.154. The third-order valence-electron chi connectivity index (χ3n) is 2.21. The predicted molar refractivity (Wildman–Crippen MR) is 74.9 cm³/mol. The molecule has 103 valence electrons. The first-order valence-electron chi connectivity index (χ1n) is 5.81. The molecule has 1 aromatic rings. The second-order valence-electron chi connectivity index (χ2n) is 3.58. The van der Waals surface area contributed by atoms with Crippen LogP contribution in [-0.2, 0) is 4.79 Å². The summed E-state index contributed by atoms with van der Waals surface area (Å²) in [6.07, 6.45) is 3.62. The maximum Gasteiger partial charge on any atom is 0.252 e. The lowest BCUT2D eigenvalue weighted by molar-refractivity contribution is -0.105. The van der Waals surface area contributed by atoms with Crippen LogP contribution in [0.2, 0.25) is 0 Å². The molecular weight excluding hydrogens is 258 g/mol. The van der Waals surface area contributed by atoms with Crippen molar-refractivity contribution >= 4 is 24.1 Å². The van der Waals surface area contributed by atoms with Crippen molar-refractivity contribution in [3.05, 3.63) is 36.4 Å².